The highest BCUT2D eigenvalue weighted by molar-refractivity contribution is 6.01. The summed E-state index contributed by atoms with van der Waals surface area (Å²) in [7, 11) is 0. The molecule has 4 aromatic rings. The number of hydrogen-bond donors (Lipinski definition) is 2. The summed E-state index contributed by atoms with van der Waals surface area (Å²) >= 11 is 0. The second-order valence-electron chi connectivity index (χ2n) is 8.88. The van der Waals surface area contributed by atoms with Crippen molar-refractivity contribution in [1.82, 2.24) is 20.3 Å². The lowest BCUT2D eigenvalue weighted by molar-refractivity contribution is -0.00896. The van der Waals surface area contributed by atoms with E-state index < -0.39 is 11.6 Å². The molecule has 2 atom stereocenters. The second-order valence-corrected chi connectivity index (χ2v) is 8.88. The molecule has 0 aliphatic carbocycles. The number of ether oxygens (including phenoxy) is 1. The largest absolute Gasteiger partial charge is 0.373 e. The van der Waals surface area contributed by atoms with Gasteiger partial charge in [-0.3, -0.25) is 9.78 Å². The molecule has 2 N–H and O–H groups in total. The molecule has 2 aromatic heterocycles. The first-order chi connectivity index (χ1) is 17.1. The van der Waals surface area contributed by atoms with Crippen molar-refractivity contribution in [1.29, 1.82) is 0 Å². The van der Waals surface area contributed by atoms with Gasteiger partial charge in [0.15, 0.2) is 0 Å². The van der Waals surface area contributed by atoms with Crippen molar-refractivity contribution < 1.29 is 13.5 Å². The van der Waals surface area contributed by atoms with Crippen LogP contribution in [0, 0.1) is 11.6 Å². The summed E-state index contributed by atoms with van der Waals surface area (Å²) in [6.45, 7) is 2.82. The van der Waals surface area contributed by atoms with Crippen molar-refractivity contribution in [2.24, 2.45) is 0 Å². The smallest absolute Gasteiger partial charge is 0.274 e. The first-order valence-electron chi connectivity index (χ1n) is 11.6. The predicted octanol–water partition coefficient (Wildman–Crippen LogP) is 3.50. The maximum absolute atomic E-state index is 14.2. The van der Waals surface area contributed by atoms with Gasteiger partial charge in [-0.15, -0.1) is 0 Å². The van der Waals surface area contributed by atoms with Crippen LogP contribution in [0.15, 0.2) is 59.8 Å². The third-order valence-electron chi connectivity index (χ3n) is 6.71. The zero-order chi connectivity index (χ0) is 23.9. The van der Waals surface area contributed by atoms with Crippen LogP contribution in [0.2, 0.25) is 0 Å². The molecule has 7 nitrogen and oxygen atoms in total. The molecule has 0 radical (unpaired) electrons. The molecule has 178 valence electrons. The molecule has 2 saturated heterocycles. The molecule has 1 unspecified atom stereocenters. The van der Waals surface area contributed by atoms with Crippen LogP contribution in [0.1, 0.15) is 6.42 Å². The Morgan fingerprint density at radius 3 is 2.74 bits per heavy atom. The van der Waals surface area contributed by atoms with Crippen LogP contribution in [-0.4, -0.2) is 53.3 Å². The molecular formula is C26H23F2N5O2. The van der Waals surface area contributed by atoms with Crippen molar-refractivity contribution in [2.75, 3.05) is 31.1 Å². The number of pyridine rings is 1. The SMILES string of the molecule is O=c1[nH]ccnc1-c1ccc2ncc(-c3cc(F)cc(F)c3)c(N3CCC4NCCO[C@@H]4C3)c2c1. The molecular weight excluding hydrogens is 452 g/mol. The van der Waals surface area contributed by atoms with Gasteiger partial charge in [-0.05, 0) is 36.2 Å². The Hall–Kier alpha value is -3.69. The molecule has 2 aliphatic rings. The van der Waals surface area contributed by atoms with Crippen LogP contribution < -0.4 is 15.8 Å². The lowest BCUT2D eigenvalue weighted by Crippen LogP contribution is -2.57. The first-order valence-corrected chi connectivity index (χ1v) is 11.6. The van der Waals surface area contributed by atoms with E-state index in [4.69, 9.17) is 4.74 Å². The highest BCUT2D eigenvalue weighted by Gasteiger charge is 2.33. The summed E-state index contributed by atoms with van der Waals surface area (Å²) in [6, 6.07) is 9.27. The van der Waals surface area contributed by atoms with E-state index in [-0.39, 0.29) is 17.7 Å². The topological polar surface area (TPSA) is 83.1 Å². The maximum Gasteiger partial charge on any atom is 0.274 e. The molecule has 2 fully saturated rings. The number of piperidine rings is 1. The quantitative estimate of drug-likeness (QED) is 0.472. The number of aromatic amines is 1. The Morgan fingerprint density at radius 2 is 1.91 bits per heavy atom. The van der Waals surface area contributed by atoms with E-state index in [0.717, 1.165) is 36.7 Å². The van der Waals surface area contributed by atoms with Crippen molar-refractivity contribution >= 4 is 16.6 Å². The number of rotatable bonds is 3. The van der Waals surface area contributed by atoms with Gasteiger partial charge in [-0.2, -0.15) is 0 Å². The van der Waals surface area contributed by atoms with Crippen molar-refractivity contribution in [3.05, 3.63) is 77.0 Å². The van der Waals surface area contributed by atoms with E-state index in [1.807, 2.05) is 12.1 Å². The van der Waals surface area contributed by atoms with Gasteiger partial charge in [0.25, 0.3) is 5.56 Å². The van der Waals surface area contributed by atoms with Crippen LogP contribution >= 0.6 is 0 Å². The van der Waals surface area contributed by atoms with E-state index in [0.29, 0.717) is 41.1 Å². The maximum atomic E-state index is 14.2. The summed E-state index contributed by atoms with van der Waals surface area (Å²) in [5.41, 5.74) is 3.16. The van der Waals surface area contributed by atoms with Crippen molar-refractivity contribution in [3.8, 4) is 22.4 Å². The number of aromatic nitrogens is 3. The fraction of sp³-hybridized carbons (Fsp3) is 0.269. The Kier molecular flexibility index (Phi) is 5.50. The molecule has 0 saturated carbocycles. The van der Waals surface area contributed by atoms with Crippen LogP contribution in [0.5, 0.6) is 0 Å². The molecule has 0 spiro atoms. The normalized spacial score (nSPS) is 20.1. The summed E-state index contributed by atoms with van der Waals surface area (Å²) in [6.07, 6.45) is 5.54. The molecule has 0 bridgehead atoms. The predicted molar refractivity (Wildman–Crippen MR) is 129 cm³/mol. The van der Waals surface area contributed by atoms with E-state index in [2.05, 4.69) is 25.2 Å². The lowest BCUT2D eigenvalue weighted by Gasteiger charge is -2.43. The van der Waals surface area contributed by atoms with Crippen LogP contribution in [0.25, 0.3) is 33.3 Å². The molecule has 9 heteroatoms. The Morgan fingerprint density at radius 1 is 1.06 bits per heavy atom. The van der Waals surface area contributed by atoms with Gasteiger partial charge >= 0.3 is 0 Å². The van der Waals surface area contributed by atoms with Gasteiger partial charge in [-0.1, -0.05) is 6.07 Å². The summed E-state index contributed by atoms with van der Waals surface area (Å²) in [5, 5.41) is 4.29. The lowest BCUT2D eigenvalue weighted by atomic mass is 9.95. The van der Waals surface area contributed by atoms with Crippen LogP contribution in [-0.2, 0) is 4.74 Å². The third kappa shape index (κ3) is 4.06. The summed E-state index contributed by atoms with van der Waals surface area (Å²) in [4.78, 5) is 26.1. The molecule has 2 aliphatic heterocycles. The Balaban J connectivity index is 1.56. The highest BCUT2D eigenvalue weighted by Crippen LogP contribution is 2.39. The minimum Gasteiger partial charge on any atom is -0.373 e. The average molecular weight is 475 g/mol. The number of halogens is 2. The summed E-state index contributed by atoms with van der Waals surface area (Å²) < 4.78 is 34.5. The number of benzene rings is 2. The number of morpholine rings is 1. The van der Waals surface area contributed by atoms with E-state index in [1.165, 1.54) is 24.5 Å². The number of fused-ring (bicyclic) bond motifs is 2. The number of hydrogen-bond acceptors (Lipinski definition) is 6. The fourth-order valence-electron chi connectivity index (χ4n) is 5.12. The highest BCUT2D eigenvalue weighted by atomic mass is 19.1. The monoisotopic (exact) mass is 475 g/mol. The summed E-state index contributed by atoms with van der Waals surface area (Å²) in [5.74, 6) is -1.31. The standard InChI is InChI=1S/C26H23F2N5O2/c27-17-9-16(10-18(28)12-17)20-13-32-21-2-1-15(24-26(34)31-5-4-30-24)11-19(21)25(20)33-7-3-22-23(14-33)35-8-6-29-22/h1-2,4-5,9-13,22-23,29H,3,6-8,14H2,(H,31,34)/t22?,23-/m1/s1. The Labute approximate surface area is 199 Å². The van der Waals surface area contributed by atoms with Crippen molar-refractivity contribution in [3.63, 3.8) is 0 Å². The van der Waals surface area contributed by atoms with Gasteiger partial charge in [-0.25, -0.2) is 13.8 Å². The van der Waals surface area contributed by atoms with Gasteiger partial charge in [0.1, 0.15) is 17.3 Å². The number of nitrogens with zero attached hydrogens (tertiary/aromatic N) is 3. The van der Waals surface area contributed by atoms with E-state index in [9.17, 15) is 13.6 Å². The average Bonchev–Trinajstić information content (AvgIpc) is 2.87. The minimum atomic E-state index is -0.654. The number of nitrogens with one attached hydrogen (secondary N) is 2. The van der Waals surface area contributed by atoms with Gasteiger partial charge in [0.05, 0.1) is 23.9 Å². The second kappa shape index (κ2) is 8.83. The zero-order valence-electron chi connectivity index (χ0n) is 18.8. The first kappa shape index (κ1) is 21.8. The van der Waals surface area contributed by atoms with Crippen LogP contribution in [0.3, 0.4) is 0 Å². The number of anilines is 1. The van der Waals surface area contributed by atoms with Gasteiger partial charge in [0, 0.05) is 66.8 Å². The fourth-order valence-corrected chi connectivity index (χ4v) is 5.12. The van der Waals surface area contributed by atoms with E-state index in [1.54, 1.807) is 12.3 Å². The molecule has 4 heterocycles. The third-order valence-corrected chi connectivity index (χ3v) is 6.71. The zero-order valence-corrected chi connectivity index (χ0v) is 18.8. The van der Waals surface area contributed by atoms with Gasteiger partial charge in [0.2, 0.25) is 0 Å². The molecule has 0 amide bonds. The minimum absolute atomic E-state index is 0.000344. The molecule has 6 rings (SSSR count). The van der Waals surface area contributed by atoms with E-state index >= 15 is 0 Å². The molecule has 35 heavy (non-hydrogen) atoms. The number of H-pyrrole nitrogens is 1. The Bertz CT molecular complexity index is 1450. The van der Waals surface area contributed by atoms with Crippen molar-refractivity contribution in [2.45, 2.75) is 18.6 Å². The van der Waals surface area contributed by atoms with Gasteiger partial charge < -0.3 is 19.9 Å². The van der Waals surface area contributed by atoms with Crippen LogP contribution in [0.4, 0.5) is 14.5 Å². The molecule has 2 aromatic carbocycles.